The summed E-state index contributed by atoms with van der Waals surface area (Å²) < 4.78 is 27.1. The second-order valence-electron chi connectivity index (χ2n) is 5.95. The number of nitrogens with one attached hydrogen (secondary N) is 1. The van der Waals surface area contributed by atoms with Gasteiger partial charge in [-0.2, -0.15) is 0 Å². The smallest absolute Gasteiger partial charge is 0.266 e. The number of carbonyl (C=O) groups is 1. The van der Waals surface area contributed by atoms with Gasteiger partial charge in [-0.1, -0.05) is 22.1 Å². The predicted octanol–water partition coefficient (Wildman–Crippen LogP) is 2.06. The van der Waals surface area contributed by atoms with Crippen LogP contribution in [0.4, 0.5) is 5.69 Å². The maximum atomic E-state index is 12.7. The van der Waals surface area contributed by atoms with E-state index in [4.69, 9.17) is 16.4 Å². The van der Waals surface area contributed by atoms with Crippen LogP contribution in [0, 0.1) is 6.92 Å². The van der Waals surface area contributed by atoms with Gasteiger partial charge in [0.05, 0.1) is 17.8 Å². The van der Waals surface area contributed by atoms with E-state index < -0.39 is 15.9 Å². The summed E-state index contributed by atoms with van der Waals surface area (Å²) in [6.45, 7) is 1.88. The third-order valence-electron chi connectivity index (χ3n) is 4.13. The molecule has 0 saturated heterocycles. The molecule has 0 bridgehead atoms. The van der Waals surface area contributed by atoms with E-state index in [9.17, 15) is 13.2 Å². The molecule has 1 aromatic heterocycles. The lowest BCUT2D eigenvalue weighted by atomic mass is 10.1. The van der Waals surface area contributed by atoms with Gasteiger partial charge < -0.3 is 5.32 Å². The van der Waals surface area contributed by atoms with Crippen LogP contribution in [-0.4, -0.2) is 53.2 Å². The summed E-state index contributed by atoms with van der Waals surface area (Å²) in [7, 11) is -1.58. The molecule has 0 spiro atoms. The Bertz CT molecular complexity index is 1150. The van der Waals surface area contributed by atoms with Crippen molar-refractivity contribution in [2.24, 2.45) is 0 Å². The van der Waals surface area contributed by atoms with E-state index >= 15 is 0 Å². The van der Waals surface area contributed by atoms with Crippen molar-refractivity contribution in [2.45, 2.75) is 11.8 Å². The van der Waals surface area contributed by atoms with Crippen LogP contribution >= 0.6 is 11.6 Å². The minimum atomic E-state index is -4.02. The third-order valence-corrected chi connectivity index (χ3v) is 6.29. The molecule has 10 nitrogen and oxygen atoms in total. The van der Waals surface area contributed by atoms with Crippen molar-refractivity contribution in [3.8, 4) is 5.69 Å². The molecule has 0 aliphatic heterocycles. The number of hydroxylamine groups is 1. The van der Waals surface area contributed by atoms with E-state index in [1.54, 1.807) is 18.2 Å². The summed E-state index contributed by atoms with van der Waals surface area (Å²) in [5.74, 6) is -0.510. The molecular weight excluding hydrogens is 420 g/mol. The van der Waals surface area contributed by atoms with E-state index in [0.717, 1.165) is 5.56 Å². The van der Waals surface area contributed by atoms with Gasteiger partial charge in [-0.05, 0) is 53.2 Å². The summed E-state index contributed by atoms with van der Waals surface area (Å²) in [4.78, 5) is 17.2. The molecule has 0 radical (unpaired) electrons. The SMILES string of the molecule is CON(C)S(=O)(=O)c1cc(C(=O)Nc2ccc(C)c(-n3cnnn3)c2)ccc1Cl. The molecule has 1 heterocycles. The highest BCUT2D eigenvalue weighted by Gasteiger charge is 2.25. The summed E-state index contributed by atoms with van der Waals surface area (Å²) in [6, 6.07) is 9.19. The lowest BCUT2D eigenvalue weighted by molar-refractivity contribution is -0.0258. The van der Waals surface area contributed by atoms with Gasteiger partial charge in [-0.15, -0.1) is 5.10 Å². The second kappa shape index (κ2) is 8.25. The standard InChI is InChI=1S/C17H17ClN6O4S/c1-11-4-6-13(9-15(11)24-10-19-21-22-24)20-17(25)12-5-7-14(18)16(8-12)29(26,27)23(2)28-3/h4-10H,1-3H3,(H,20,25). The fourth-order valence-corrected chi connectivity index (χ4v) is 3.96. The zero-order valence-electron chi connectivity index (χ0n) is 15.7. The molecule has 152 valence electrons. The number of hydrogen-bond acceptors (Lipinski definition) is 7. The molecule has 0 atom stereocenters. The van der Waals surface area contributed by atoms with Crippen LogP contribution in [0.15, 0.2) is 47.6 Å². The number of rotatable bonds is 6. The Labute approximate surface area is 172 Å². The van der Waals surface area contributed by atoms with Gasteiger partial charge in [0, 0.05) is 18.3 Å². The molecule has 1 N–H and O–H groups in total. The summed E-state index contributed by atoms with van der Waals surface area (Å²) in [5, 5.41) is 13.7. The maximum Gasteiger partial charge on any atom is 0.266 e. The Balaban J connectivity index is 1.91. The van der Waals surface area contributed by atoms with E-state index in [1.807, 2.05) is 6.92 Å². The van der Waals surface area contributed by atoms with Gasteiger partial charge in [-0.25, -0.2) is 13.1 Å². The molecule has 3 aromatic rings. The maximum absolute atomic E-state index is 12.7. The number of benzene rings is 2. The molecule has 0 aliphatic rings. The van der Waals surface area contributed by atoms with Crippen LogP contribution in [-0.2, 0) is 14.9 Å². The Hall–Kier alpha value is -2.86. The fourth-order valence-electron chi connectivity index (χ4n) is 2.49. The number of amides is 1. The van der Waals surface area contributed by atoms with E-state index in [0.29, 0.717) is 15.8 Å². The Morgan fingerprint density at radius 1 is 1.24 bits per heavy atom. The number of hydrogen-bond donors (Lipinski definition) is 1. The first kappa shape index (κ1) is 20.9. The molecule has 0 fully saturated rings. The van der Waals surface area contributed by atoms with Crippen molar-refractivity contribution in [2.75, 3.05) is 19.5 Å². The average Bonchev–Trinajstić information content (AvgIpc) is 3.23. The van der Waals surface area contributed by atoms with Crippen molar-refractivity contribution in [1.82, 2.24) is 24.7 Å². The zero-order chi connectivity index (χ0) is 21.2. The van der Waals surface area contributed by atoms with Crippen molar-refractivity contribution in [3.63, 3.8) is 0 Å². The van der Waals surface area contributed by atoms with Crippen LogP contribution in [0.2, 0.25) is 5.02 Å². The number of aromatic nitrogens is 4. The first-order valence-electron chi connectivity index (χ1n) is 8.22. The second-order valence-corrected chi connectivity index (χ2v) is 8.26. The Morgan fingerprint density at radius 2 is 2.00 bits per heavy atom. The lowest BCUT2D eigenvalue weighted by Crippen LogP contribution is -2.26. The molecule has 2 aromatic carbocycles. The highest BCUT2D eigenvalue weighted by Crippen LogP contribution is 2.26. The number of nitrogens with zero attached hydrogens (tertiary/aromatic N) is 5. The third kappa shape index (κ3) is 4.27. The molecule has 3 rings (SSSR count). The van der Waals surface area contributed by atoms with Crippen LogP contribution in [0.3, 0.4) is 0 Å². The van der Waals surface area contributed by atoms with Gasteiger partial charge in [0.25, 0.3) is 15.9 Å². The van der Waals surface area contributed by atoms with Crippen molar-refractivity contribution < 1.29 is 18.0 Å². The molecule has 0 unspecified atom stereocenters. The topological polar surface area (TPSA) is 119 Å². The monoisotopic (exact) mass is 436 g/mol. The highest BCUT2D eigenvalue weighted by atomic mass is 35.5. The molecular formula is C17H17ClN6O4S. The molecule has 0 saturated carbocycles. The van der Waals surface area contributed by atoms with E-state index in [-0.39, 0.29) is 15.5 Å². The Morgan fingerprint density at radius 3 is 2.66 bits per heavy atom. The normalized spacial score (nSPS) is 11.6. The lowest BCUT2D eigenvalue weighted by Gasteiger charge is -2.16. The van der Waals surface area contributed by atoms with E-state index in [1.165, 1.54) is 43.4 Å². The van der Waals surface area contributed by atoms with Crippen LogP contribution in [0.5, 0.6) is 0 Å². The number of halogens is 1. The van der Waals surface area contributed by atoms with Crippen molar-refractivity contribution in [3.05, 3.63) is 58.9 Å². The summed E-state index contributed by atoms with van der Waals surface area (Å²) >= 11 is 6.03. The van der Waals surface area contributed by atoms with Crippen LogP contribution in [0.1, 0.15) is 15.9 Å². The zero-order valence-corrected chi connectivity index (χ0v) is 17.3. The van der Waals surface area contributed by atoms with Gasteiger partial charge in [0.1, 0.15) is 11.2 Å². The molecule has 1 amide bonds. The first-order valence-corrected chi connectivity index (χ1v) is 10.0. The summed E-state index contributed by atoms with van der Waals surface area (Å²) in [6.07, 6.45) is 1.44. The quantitative estimate of drug-likeness (QED) is 0.587. The minimum Gasteiger partial charge on any atom is -0.322 e. The number of carbonyl (C=O) groups excluding carboxylic acids is 1. The van der Waals surface area contributed by atoms with Gasteiger partial charge in [0.15, 0.2) is 0 Å². The van der Waals surface area contributed by atoms with Crippen molar-refractivity contribution >= 4 is 33.2 Å². The number of sulfonamides is 1. The number of anilines is 1. The van der Waals surface area contributed by atoms with Crippen LogP contribution in [0.25, 0.3) is 5.69 Å². The average molecular weight is 437 g/mol. The number of aryl methyl sites for hydroxylation is 1. The number of tetrazole rings is 1. The molecule has 12 heteroatoms. The fraction of sp³-hybridized carbons (Fsp3) is 0.176. The minimum absolute atomic E-state index is 0.0262. The Kier molecular flexibility index (Phi) is 5.94. The van der Waals surface area contributed by atoms with Gasteiger partial charge in [0.2, 0.25) is 0 Å². The van der Waals surface area contributed by atoms with Crippen LogP contribution < -0.4 is 5.32 Å². The van der Waals surface area contributed by atoms with E-state index in [2.05, 4.69) is 20.8 Å². The predicted molar refractivity (Wildman–Crippen MR) is 105 cm³/mol. The molecule has 0 aliphatic carbocycles. The summed E-state index contributed by atoms with van der Waals surface area (Å²) in [5.41, 5.74) is 2.19. The molecule has 29 heavy (non-hydrogen) atoms. The largest absolute Gasteiger partial charge is 0.322 e. The van der Waals surface area contributed by atoms with Gasteiger partial charge >= 0.3 is 0 Å². The van der Waals surface area contributed by atoms with Gasteiger partial charge in [-0.3, -0.25) is 9.63 Å². The highest BCUT2D eigenvalue weighted by molar-refractivity contribution is 7.89. The first-order chi connectivity index (χ1) is 13.7. The van der Waals surface area contributed by atoms with Crippen molar-refractivity contribution in [1.29, 1.82) is 0 Å².